The van der Waals surface area contributed by atoms with E-state index in [1.54, 1.807) is 32.9 Å². The van der Waals surface area contributed by atoms with Gasteiger partial charge in [-0.25, -0.2) is 9.78 Å². The molecule has 1 heterocycles. The number of carboxylic acids is 1. The maximum atomic E-state index is 11.5. The van der Waals surface area contributed by atoms with Gasteiger partial charge in [0.05, 0.1) is 6.42 Å². The molecule has 0 aliphatic carbocycles. The molecule has 0 saturated heterocycles. The van der Waals surface area contributed by atoms with E-state index >= 15 is 0 Å². The number of hydrogen-bond donors (Lipinski definition) is 1. The quantitative estimate of drug-likeness (QED) is 0.829. The molecule has 1 aromatic rings. The zero-order valence-electron chi connectivity index (χ0n) is 10.8. The van der Waals surface area contributed by atoms with Gasteiger partial charge in [0.2, 0.25) is 0 Å². The van der Waals surface area contributed by atoms with Gasteiger partial charge in [-0.15, -0.1) is 0 Å². The predicted octanol–water partition coefficient (Wildman–Crippen LogP) is 2.05. The Bertz CT molecular complexity index is 449. The molecule has 5 heteroatoms. The van der Waals surface area contributed by atoms with Crippen molar-refractivity contribution < 1.29 is 19.4 Å². The van der Waals surface area contributed by atoms with Gasteiger partial charge in [0.1, 0.15) is 11.3 Å². The minimum absolute atomic E-state index is 0.0170. The maximum Gasteiger partial charge on any atom is 0.354 e. The summed E-state index contributed by atoms with van der Waals surface area (Å²) in [5, 5.41) is 8.79. The van der Waals surface area contributed by atoms with E-state index in [-0.39, 0.29) is 18.1 Å². The van der Waals surface area contributed by atoms with Crippen molar-refractivity contribution in [2.45, 2.75) is 39.2 Å². The first-order chi connectivity index (χ1) is 8.28. The van der Waals surface area contributed by atoms with Crippen LogP contribution >= 0.6 is 0 Å². The van der Waals surface area contributed by atoms with E-state index in [0.29, 0.717) is 12.1 Å². The molecule has 1 aromatic heterocycles. The van der Waals surface area contributed by atoms with Crippen LogP contribution in [0.25, 0.3) is 0 Å². The second-order valence-corrected chi connectivity index (χ2v) is 4.91. The Balaban J connectivity index is 2.56. The summed E-state index contributed by atoms with van der Waals surface area (Å²) in [6.07, 6.45) is 0.559. The van der Waals surface area contributed by atoms with Crippen LogP contribution in [0.1, 0.15) is 43.4 Å². The summed E-state index contributed by atoms with van der Waals surface area (Å²) in [6.45, 7) is 5.40. The Morgan fingerprint density at radius 1 is 1.33 bits per heavy atom. The lowest BCUT2D eigenvalue weighted by atomic mass is 10.1. The summed E-state index contributed by atoms with van der Waals surface area (Å²) >= 11 is 0. The zero-order chi connectivity index (χ0) is 13.8. The van der Waals surface area contributed by atoms with Crippen LogP contribution in [0.2, 0.25) is 0 Å². The van der Waals surface area contributed by atoms with E-state index < -0.39 is 11.6 Å². The van der Waals surface area contributed by atoms with Crippen molar-refractivity contribution in [3.05, 3.63) is 29.6 Å². The minimum Gasteiger partial charge on any atom is -0.477 e. The van der Waals surface area contributed by atoms with Crippen molar-refractivity contribution in [1.29, 1.82) is 0 Å². The highest BCUT2D eigenvalue weighted by Gasteiger charge is 2.16. The van der Waals surface area contributed by atoms with E-state index in [9.17, 15) is 9.59 Å². The van der Waals surface area contributed by atoms with Crippen LogP contribution in [0.15, 0.2) is 18.2 Å². The van der Waals surface area contributed by atoms with Crippen LogP contribution in [-0.2, 0) is 16.0 Å². The zero-order valence-corrected chi connectivity index (χ0v) is 10.8. The lowest BCUT2D eigenvalue weighted by Crippen LogP contribution is -2.24. The second-order valence-electron chi connectivity index (χ2n) is 4.91. The van der Waals surface area contributed by atoms with Gasteiger partial charge in [0, 0.05) is 12.1 Å². The summed E-state index contributed by atoms with van der Waals surface area (Å²) in [4.78, 5) is 26.1. The lowest BCUT2D eigenvalue weighted by Gasteiger charge is -2.19. The molecule has 1 rings (SSSR count). The Labute approximate surface area is 106 Å². The number of esters is 1. The summed E-state index contributed by atoms with van der Waals surface area (Å²) in [6, 6.07) is 4.72. The number of pyridine rings is 1. The van der Waals surface area contributed by atoms with Crippen LogP contribution in [0.4, 0.5) is 0 Å². The van der Waals surface area contributed by atoms with Crippen LogP contribution in [0.5, 0.6) is 0 Å². The highest BCUT2D eigenvalue weighted by Crippen LogP contribution is 2.10. The van der Waals surface area contributed by atoms with E-state index in [4.69, 9.17) is 9.84 Å². The number of aryl methyl sites for hydroxylation is 1. The summed E-state index contributed by atoms with van der Waals surface area (Å²) in [7, 11) is 0. The molecular weight excluding hydrogens is 234 g/mol. The van der Waals surface area contributed by atoms with Crippen molar-refractivity contribution in [3.8, 4) is 0 Å². The van der Waals surface area contributed by atoms with E-state index in [2.05, 4.69) is 4.98 Å². The molecular formula is C13H17NO4. The van der Waals surface area contributed by atoms with E-state index in [0.717, 1.165) is 0 Å². The number of ether oxygens (including phenoxy) is 1. The van der Waals surface area contributed by atoms with Crippen LogP contribution in [0.3, 0.4) is 0 Å². The standard InChI is InChI=1S/C13H17NO4/c1-13(2,3)18-11(15)8-7-9-5-4-6-10(14-9)12(16)17/h4-6H,7-8H2,1-3H3,(H,16,17). The molecule has 0 bridgehead atoms. The molecule has 98 valence electrons. The van der Waals surface area contributed by atoms with Gasteiger partial charge in [-0.05, 0) is 32.9 Å². The number of aromatic nitrogens is 1. The van der Waals surface area contributed by atoms with Crippen LogP contribution in [-0.4, -0.2) is 27.6 Å². The number of carboxylic acid groups (broad SMARTS) is 1. The molecule has 0 aliphatic rings. The Kier molecular flexibility index (Phi) is 4.42. The minimum atomic E-state index is -1.07. The highest BCUT2D eigenvalue weighted by molar-refractivity contribution is 5.85. The van der Waals surface area contributed by atoms with Gasteiger partial charge in [-0.1, -0.05) is 6.07 Å². The van der Waals surface area contributed by atoms with Crippen molar-refractivity contribution in [1.82, 2.24) is 4.98 Å². The lowest BCUT2D eigenvalue weighted by molar-refractivity contribution is -0.154. The van der Waals surface area contributed by atoms with Crippen molar-refractivity contribution in [2.24, 2.45) is 0 Å². The number of carbonyl (C=O) groups excluding carboxylic acids is 1. The van der Waals surface area contributed by atoms with Crippen molar-refractivity contribution in [2.75, 3.05) is 0 Å². The predicted molar refractivity (Wildman–Crippen MR) is 65.4 cm³/mol. The fourth-order valence-corrected chi connectivity index (χ4v) is 1.36. The fourth-order valence-electron chi connectivity index (χ4n) is 1.36. The smallest absolute Gasteiger partial charge is 0.354 e. The van der Waals surface area contributed by atoms with Crippen LogP contribution in [0, 0.1) is 0 Å². The second kappa shape index (κ2) is 5.62. The molecule has 0 aromatic carbocycles. The fraction of sp³-hybridized carbons (Fsp3) is 0.462. The number of aromatic carboxylic acids is 1. The molecule has 0 atom stereocenters. The number of hydrogen-bond acceptors (Lipinski definition) is 4. The molecule has 0 radical (unpaired) electrons. The molecule has 5 nitrogen and oxygen atoms in total. The third kappa shape index (κ3) is 4.95. The van der Waals surface area contributed by atoms with Crippen molar-refractivity contribution in [3.63, 3.8) is 0 Å². The molecule has 0 amide bonds. The van der Waals surface area contributed by atoms with Gasteiger partial charge >= 0.3 is 11.9 Å². The highest BCUT2D eigenvalue weighted by atomic mass is 16.6. The van der Waals surface area contributed by atoms with Gasteiger partial charge < -0.3 is 9.84 Å². The molecule has 0 unspecified atom stereocenters. The maximum absolute atomic E-state index is 11.5. The molecule has 0 aliphatic heterocycles. The first-order valence-electron chi connectivity index (χ1n) is 5.69. The average molecular weight is 251 g/mol. The topological polar surface area (TPSA) is 76.5 Å². The van der Waals surface area contributed by atoms with E-state index in [1.807, 2.05) is 0 Å². The molecule has 0 spiro atoms. The average Bonchev–Trinajstić information content (AvgIpc) is 2.24. The number of rotatable bonds is 4. The van der Waals surface area contributed by atoms with Gasteiger partial charge in [0.25, 0.3) is 0 Å². The largest absolute Gasteiger partial charge is 0.477 e. The first-order valence-corrected chi connectivity index (χ1v) is 5.69. The Morgan fingerprint density at radius 2 is 2.00 bits per heavy atom. The molecule has 1 N–H and O–H groups in total. The normalized spacial score (nSPS) is 11.1. The molecule has 0 fully saturated rings. The molecule has 0 saturated carbocycles. The van der Waals surface area contributed by atoms with Crippen LogP contribution < -0.4 is 0 Å². The monoisotopic (exact) mass is 251 g/mol. The van der Waals surface area contributed by atoms with Gasteiger partial charge in [-0.3, -0.25) is 4.79 Å². The summed E-state index contributed by atoms with van der Waals surface area (Å²) < 4.78 is 5.15. The number of carbonyl (C=O) groups is 2. The van der Waals surface area contributed by atoms with E-state index in [1.165, 1.54) is 6.07 Å². The molecule has 18 heavy (non-hydrogen) atoms. The van der Waals surface area contributed by atoms with Crippen molar-refractivity contribution >= 4 is 11.9 Å². The summed E-state index contributed by atoms with van der Waals surface area (Å²) in [5.41, 5.74) is 0.0467. The SMILES string of the molecule is CC(C)(C)OC(=O)CCc1cccc(C(=O)O)n1. The number of nitrogens with zero attached hydrogens (tertiary/aromatic N) is 1. The third-order valence-corrected chi connectivity index (χ3v) is 2.03. The van der Waals surface area contributed by atoms with Gasteiger partial charge in [0.15, 0.2) is 0 Å². The Morgan fingerprint density at radius 3 is 2.56 bits per heavy atom. The summed E-state index contributed by atoms with van der Waals surface area (Å²) in [5.74, 6) is -1.39. The first kappa shape index (κ1) is 14.2. The Hall–Kier alpha value is -1.91. The third-order valence-electron chi connectivity index (χ3n) is 2.03. The van der Waals surface area contributed by atoms with Gasteiger partial charge in [-0.2, -0.15) is 0 Å².